The highest BCUT2D eigenvalue weighted by molar-refractivity contribution is 6.45. The van der Waals surface area contributed by atoms with Gasteiger partial charge in [0.15, 0.2) is 5.84 Å². The molecule has 0 saturated carbocycles. The maximum atomic E-state index is 13.4. The van der Waals surface area contributed by atoms with E-state index in [-0.39, 0.29) is 5.69 Å². The fourth-order valence-corrected chi connectivity index (χ4v) is 1.15. The predicted octanol–water partition coefficient (Wildman–Crippen LogP) is 0.833. The van der Waals surface area contributed by atoms with Crippen LogP contribution in [-0.2, 0) is 0 Å². The van der Waals surface area contributed by atoms with Gasteiger partial charge in [-0.25, -0.2) is 4.39 Å². The molecule has 0 bridgehead atoms. The number of nitro groups is 1. The Hall–Kier alpha value is -3.53. The number of halogens is 1. The van der Waals surface area contributed by atoms with Crippen LogP contribution in [-0.4, -0.2) is 16.5 Å². The van der Waals surface area contributed by atoms with Crippen molar-refractivity contribution in [2.24, 2.45) is 10.8 Å². The molecule has 100 valence electrons. The van der Waals surface area contributed by atoms with E-state index in [2.05, 4.69) is 10.5 Å². The summed E-state index contributed by atoms with van der Waals surface area (Å²) >= 11 is 0. The van der Waals surface area contributed by atoms with Crippen LogP contribution in [0.15, 0.2) is 17.2 Å². The van der Waals surface area contributed by atoms with Crippen LogP contribution in [0.3, 0.4) is 0 Å². The summed E-state index contributed by atoms with van der Waals surface area (Å²) in [6, 6.07) is 4.36. The highest BCUT2D eigenvalue weighted by Crippen LogP contribution is 2.27. The van der Waals surface area contributed by atoms with Gasteiger partial charge in [0.05, 0.1) is 10.5 Å². The Balaban J connectivity index is 3.29. The number of hydrazone groups is 1. The van der Waals surface area contributed by atoms with E-state index in [4.69, 9.17) is 21.7 Å². The average molecular weight is 275 g/mol. The van der Waals surface area contributed by atoms with Crippen LogP contribution in [0.5, 0.6) is 0 Å². The monoisotopic (exact) mass is 275 g/mol. The lowest BCUT2D eigenvalue weighted by atomic mass is 10.2. The van der Waals surface area contributed by atoms with Crippen molar-refractivity contribution in [2.75, 3.05) is 5.43 Å². The van der Waals surface area contributed by atoms with Crippen molar-refractivity contribution in [3.05, 3.63) is 33.6 Å². The summed E-state index contributed by atoms with van der Waals surface area (Å²) in [5.41, 5.74) is 5.09. The van der Waals surface area contributed by atoms with E-state index in [0.29, 0.717) is 6.07 Å². The third-order valence-corrected chi connectivity index (χ3v) is 2.05. The standard InChI is InChI=1S/C10H6FN7O2/c11-6-2-7(16-17-8(4-13)10(14)15)9(18(19)20)1-5(6)3-12/h1-2,16H,(H3,14,15)/b17-8+. The zero-order valence-electron chi connectivity index (χ0n) is 9.72. The minimum Gasteiger partial charge on any atom is -0.382 e. The molecule has 0 heterocycles. The SMILES string of the molecule is N#C/C(=N\Nc1cc(F)c(C#N)cc1[N+](=O)[O-])C(=N)N. The van der Waals surface area contributed by atoms with Gasteiger partial charge in [0.25, 0.3) is 5.69 Å². The van der Waals surface area contributed by atoms with E-state index >= 15 is 0 Å². The summed E-state index contributed by atoms with van der Waals surface area (Å²) in [6.45, 7) is 0. The van der Waals surface area contributed by atoms with Gasteiger partial charge in [-0.15, -0.1) is 0 Å². The van der Waals surface area contributed by atoms with Crippen molar-refractivity contribution >= 4 is 22.9 Å². The Morgan fingerprint density at radius 2 is 2.20 bits per heavy atom. The molecule has 0 aromatic heterocycles. The third kappa shape index (κ3) is 3.02. The Bertz CT molecular complexity index is 699. The lowest BCUT2D eigenvalue weighted by molar-refractivity contribution is -0.384. The van der Waals surface area contributed by atoms with Gasteiger partial charge in [0.1, 0.15) is 23.6 Å². The molecule has 0 aliphatic rings. The van der Waals surface area contributed by atoms with Crippen LogP contribution in [0.4, 0.5) is 15.8 Å². The molecular weight excluding hydrogens is 269 g/mol. The van der Waals surface area contributed by atoms with Gasteiger partial charge >= 0.3 is 0 Å². The first kappa shape index (κ1) is 14.5. The van der Waals surface area contributed by atoms with Crippen LogP contribution in [0.25, 0.3) is 0 Å². The van der Waals surface area contributed by atoms with Crippen LogP contribution in [0.2, 0.25) is 0 Å². The van der Waals surface area contributed by atoms with Gasteiger partial charge in [-0.05, 0) is 0 Å². The van der Waals surface area contributed by atoms with Crippen LogP contribution in [0, 0.1) is 44.0 Å². The molecule has 0 aliphatic carbocycles. The lowest BCUT2D eigenvalue weighted by Crippen LogP contribution is -2.22. The number of hydrogen-bond donors (Lipinski definition) is 3. The van der Waals surface area contributed by atoms with Gasteiger partial charge in [-0.1, -0.05) is 0 Å². The highest BCUT2D eigenvalue weighted by Gasteiger charge is 2.18. The number of hydrogen-bond acceptors (Lipinski definition) is 7. The van der Waals surface area contributed by atoms with Gasteiger partial charge in [0.2, 0.25) is 5.71 Å². The molecule has 0 saturated heterocycles. The summed E-state index contributed by atoms with van der Waals surface area (Å²) < 4.78 is 13.4. The molecule has 0 fully saturated rings. The van der Waals surface area contributed by atoms with E-state index in [1.165, 1.54) is 12.1 Å². The van der Waals surface area contributed by atoms with Crippen LogP contribution >= 0.6 is 0 Å². The van der Waals surface area contributed by atoms with Gasteiger partial charge < -0.3 is 5.73 Å². The van der Waals surface area contributed by atoms with Crippen molar-refractivity contribution in [2.45, 2.75) is 0 Å². The number of nitrogens with two attached hydrogens (primary N) is 1. The number of amidine groups is 1. The molecule has 1 aromatic carbocycles. The Kier molecular flexibility index (Phi) is 4.27. The number of anilines is 1. The quantitative estimate of drug-likeness (QED) is 0.318. The number of nitriles is 2. The molecule has 0 spiro atoms. The molecule has 9 nitrogen and oxygen atoms in total. The normalized spacial score (nSPS) is 10.2. The van der Waals surface area contributed by atoms with Gasteiger partial charge in [0, 0.05) is 12.1 Å². The zero-order valence-corrected chi connectivity index (χ0v) is 9.72. The molecule has 0 atom stereocenters. The molecule has 1 aromatic rings. The maximum Gasteiger partial charge on any atom is 0.295 e. The first-order valence-electron chi connectivity index (χ1n) is 4.87. The average Bonchev–Trinajstić information content (AvgIpc) is 2.38. The molecule has 0 unspecified atom stereocenters. The first-order chi connectivity index (χ1) is 9.40. The lowest BCUT2D eigenvalue weighted by Gasteiger charge is -2.04. The second-order valence-electron chi connectivity index (χ2n) is 3.32. The van der Waals surface area contributed by atoms with E-state index in [1.807, 2.05) is 0 Å². The number of rotatable bonds is 4. The topological polar surface area (TPSA) is 165 Å². The molecule has 0 aliphatic heterocycles. The molecule has 0 radical (unpaired) electrons. The number of nitro benzene ring substituents is 1. The summed E-state index contributed by atoms with van der Waals surface area (Å²) in [5.74, 6) is -1.64. The van der Waals surface area contributed by atoms with Gasteiger partial charge in [-0.3, -0.25) is 20.9 Å². The van der Waals surface area contributed by atoms with E-state index in [0.717, 1.165) is 6.07 Å². The number of benzene rings is 1. The van der Waals surface area contributed by atoms with Crippen molar-refractivity contribution in [1.29, 1.82) is 15.9 Å². The molecular formula is C10H6FN7O2. The van der Waals surface area contributed by atoms with Crippen LogP contribution in [0.1, 0.15) is 5.56 Å². The minimum absolute atomic E-state index is 0.375. The van der Waals surface area contributed by atoms with Crippen molar-refractivity contribution in [1.82, 2.24) is 0 Å². The van der Waals surface area contributed by atoms with E-state index in [9.17, 15) is 14.5 Å². The van der Waals surface area contributed by atoms with E-state index in [1.54, 1.807) is 0 Å². The Labute approximate surface area is 111 Å². The summed E-state index contributed by atoms with van der Waals surface area (Å²) in [6.07, 6.45) is 0. The number of nitrogens with zero attached hydrogens (tertiary/aromatic N) is 4. The third-order valence-electron chi connectivity index (χ3n) is 2.05. The second kappa shape index (κ2) is 5.88. The largest absolute Gasteiger partial charge is 0.382 e. The molecule has 1 rings (SSSR count). The van der Waals surface area contributed by atoms with Crippen molar-refractivity contribution < 1.29 is 9.31 Å². The minimum atomic E-state index is -0.989. The highest BCUT2D eigenvalue weighted by atomic mass is 19.1. The molecule has 20 heavy (non-hydrogen) atoms. The fraction of sp³-hybridized carbons (Fsp3) is 0. The predicted molar refractivity (Wildman–Crippen MR) is 66.4 cm³/mol. The van der Waals surface area contributed by atoms with Crippen LogP contribution < -0.4 is 11.2 Å². The zero-order chi connectivity index (χ0) is 15.3. The molecule has 10 heteroatoms. The van der Waals surface area contributed by atoms with Crippen molar-refractivity contribution in [3.63, 3.8) is 0 Å². The summed E-state index contributed by atoms with van der Waals surface area (Å²) in [7, 11) is 0. The molecule has 0 amide bonds. The Morgan fingerprint density at radius 3 is 2.65 bits per heavy atom. The van der Waals surface area contributed by atoms with Gasteiger partial charge in [-0.2, -0.15) is 15.6 Å². The molecule has 4 N–H and O–H groups in total. The van der Waals surface area contributed by atoms with Crippen molar-refractivity contribution in [3.8, 4) is 12.1 Å². The second-order valence-corrected chi connectivity index (χ2v) is 3.32. The summed E-state index contributed by atoms with van der Waals surface area (Å²) in [4.78, 5) is 9.95. The summed E-state index contributed by atoms with van der Waals surface area (Å²) in [5, 5.41) is 38.3. The first-order valence-corrected chi connectivity index (χ1v) is 4.87. The fourth-order valence-electron chi connectivity index (χ4n) is 1.15. The van der Waals surface area contributed by atoms with E-state index < -0.39 is 33.5 Å². The maximum absolute atomic E-state index is 13.4. The Morgan fingerprint density at radius 1 is 1.55 bits per heavy atom. The number of nitrogens with one attached hydrogen (secondary N) is 2. The smallest absolute Gasteiger partial charge is 0.295 e.